The molecule has 0 bridgehead atoms. The van der Waals surface area contributed by atoms with E-state index in [0.29, 0.717) is 12.5 Å². The van der Waals surface area contributed by atoms with Gasteiger partial charge in [-0.05, 0) is 32.4 Å². The second-order valence-corrected chi connectivity index (χ2v) is 5.93. The highest BCUT2D eigenvalue weighted by Gasteiger charge is 2.06. The Kier molecular flexibility index (Phi) is 10.3. The summed E-state index contributed by atoms with van der Waals surface area (Å²) >= 11 is 0. The normalized spacial score (nSPS) is 13.9. The summed E-state index contributed by atoms with van der Waals surface area (Å²) < 4.78 is 12.7. The zero-order chi connectivity index (χ0) is 20.1. The number of nitrogens with zero attached hydrogens (tertiary/aromatic N) is 4. The monoisotopic (exact) mass is 374 g/mol. The van der Waals surface area contributed by atoms with Crippen LogP contribution in [0.5, 0.6) is 0 Å². The average Bonchev–Trinajstić information content (AvgIpc) is 3.07. The van der Waals surface area contributed by atoms with Gasteiger partial charge in [-0.1, -0.05) is 6.92 Å². The number of hydrogen-bond donors (Lipinski definition) is 2. The number of nitrogens with one attached hydrogen (secondary N) is 2. The molecule has 0 saturated heterocycles. The first-order valence-electron chi connectivity index (χ1n) is 8.97. The molecular weight excluding hydrogens is 344 g/mol. The number of guanidine groups is 1. The third kappa shape index (κ3) is 8.42. The Morgan fingerprint density at radius 1 is 1.48 bits per heavy atom. The van der Waals surface area contributed by atoms with Gasteiger partial charge in [-0.3, -0.25) is 0 Å². The summed E-state index contributed by atoms with van der Waals surface area (Å²) in [6.07, 6.45) is 10.8. The fourth-order valence-electron chi connectivity index (χ4n) is 2.30. The van der Waals surface area contributed by atoms with Crippen molar-refractivity contribution in [2.75, 3.05) is 20.8 Å². The molecule has 1 heterocycles. The summed E-state index contributed by atoms with van der Waals surface area (Å²) in [6, 6.07) is 0. The maximum absolute atomic E-state index is 8.98. The number of aryl methyl sites for hydroxylation is 2. The zero-order valence-electron chi connectivity index (χ0n) is 16.8. The highest BCUT2D eigenvalue weighted by atomic mass is 16.5. The Balaban J connectivity index is 2.74. The number of aromatic nitrogens is 2. The van der Waals surface area contributed by atoms with E-state index in [1.54, 1.807) is 14.2 Å². The van der Waals surface area contributed by atoms with Crippen LogP contribution in [0.2, 0.25) is 0 Å². The molecule has 0 saturated carbocycles. The van der Waals surface area contributed by atoms with Crippen molar-refractivity contribution in [3.63, 3.8) is 0 Å². The number of methoxy groups -OCH3 is 2. The molecule has 1 aromatic rings. The van der Waals surface area contributed by atoms with Crippen LogP contribution in [0.3, 0.4) is 0 Å². The predicted molar refractivity (Wildman–Crippen MR) is 106 cm³/mol. The van der Waals surface area contributed by atoms with Gasteiger partial charge in [0.25, 0.3) is 0 Å². The van der Waals surface area contributed by atoms with Gasteiger partial charge in [0, 0.05) is 44.2 Å². The first-order chi connectivity index (χ1) is 13.0. The third-order valence-corrected chi connectivity index (χ3v) is 3.93. The second-order valence-electron chi connectivity index (χ2n) is 5.93. The molecule has 0 spiro atoms. The molecule has 0 aromatic carbocycles. The average molecular weight is 374 g/mol. The lowest BCUT2D eigenvalue weighted by atomic mass is 10.2. The van der Waals surface area contributed by atoms with Crippen LogP contribution in [0.15, 0.2) is 41.1 Å². The van der Waals surface area contributed by atoms with Crippen molar-refractivity contribution in [3.8, 4) is 6.19 Å². The van der Waals surface area contributed by atoms with E-state index in [4.69, 9.17) is 14.7 Å². The molecule has 0 fully saturated rings. The maximum atomic E-state index is 8.98. The largest absolute Gasteiger partial charge is 0.501 e. The molecule has 0 aliphatic heterocycles. The molecule has 0 radical (unpaired) electrons. The molecule has 27 heavy (non-hydrogen) atoms. The van der Waals surface area contributed by atoms with E-state index in [1.807, 2.05) is 51.6 Å². The van der Waals surface area contributed by atoms with Crippen molar-refractivity contribution < 1.29 is 9.47 Å². The standard InChI is InChI=1S/C19H30N6O2/c1-6-18(27-5)11-17(10-16(3)26-4)24-19(23-13-20)22-8-7-9-25-14-21-12-15(25)2/h10-12,14,16H,6-9H2,1-5H3,(H2,22,23,24)/b17-10+,18-11+. The Morgan fingerprint density at radius 2 is 2.26 bits per heavy atom. The highest BCUT2D eigenvalue weighted by molar-refractivity contribution is 5.82. The number of imidazole rings is 1. The first-order valence-corrected chi connectivity index (χ1v) is 8.97. The summed E-state index contributed by atoms with van der Waals surface area (Å²) in [6.45, 7) is 7.45. The molecule has 8 nitrogen and oxygen atoms in total. The Morgan fingerprint density at radius 3 is 2.81 bits per heavy atom. The maximum Gasteiger partial charge on any atom is 0.211 e. The molecule has 8 heteroatoms. The van der Waals surface area contributed by atoms with E-state index < -0.39 is 0 Å². The van der Waals surface area contributed by atoms with Crippen LogP contribution in [-0.4, -0.2) is 42.4 Å². The third-order valence-electron chi connectivity index (χ3n) is 3.93. The number of ether oxygens (including phenoxy) is 2. The van der Waals surface area contributed by atoms with Crippen molar-refractivity contribution in [2.45, 2.75) is 46.3 Å². The van der Waals surface area contributed by atoms with Gasteiger partial charge in [0.2, 0.25) is 12.2 Å². The van der Waals surface area contributed by atoms with Crippen LogP contribution in [0, 0.1) is 18.4 Å². The van der Waals surface area contributed by atoms with Gasteiger partial charge >= 0.3 is 0 Å². The second kappa shape index (κ2) is 12.5. The van der Waals surface area contributed by atoms with Gasteiger partial charge < -0.3 is 24.7 Å². The number of aliphatic imine (C=N–C) groups is 1. The van der Waals surface area contributed by atoms with Crippen LogP contribution in [0.1, 0.15) is 32.4 Å². The fraction of sp³-hybridized carbons (Fsp3) is 0.526. The Hall–Kier alpha value is -2.79. The summed E-state index contributed by atoms with van der Waals surface area (Å²) in [5, 5.41) is 15.3. The SMILES string of the molecule is CC/C(=C\C(=C/C(C)OC)N/C(=N/C#N)NCCCn1cncc1C)OC. The van der Waals surface area contributed by atoms with E-state index in [-0.39, 0.29) is 6.10 Å². The topological polar surface area (TPSA) is 96.5 Å². The number of allylic oxidation sites excluding steroid dienone is 2. The smallest absolute Gasteiger partial charge is 0.211 e. The van der Waals surface area contributed by atoms with Crippen LogP contribution in [0.25, 0.3) is 0 Å². The molecule has 1 rings (SSSR count). The van der Waals surface area contributed by atoms with Gasteiger partial charge in [0.15, 0.2) is 0 Å². The van der Waals surface area contributed by atoms with Crippen LogP contribution >= 0.6 is 0 Å². The van der Waals surface area contributed by atoms with E-state index in [1.165, 1.54) is 0 Å². The number of rotatable bonds is 10. The summed E-state index contributed by atoms with van der Waals surface area (Å²) in [4.78, 5) is 7.95. The number of nitriles is 1. The first kappa shape index (κ1) is 22.3. The van der Waals surface area contributed by atoms with E-state index in [2.05, 4.69) is 25.2 Å². The fourth-order valence-corrected chi connectivity index (χ4v) is 2.30. The molecule has 0 aliphatic carbocycles. The lowest BCUT2D eigenvalue weighted by Crippen LogP contribution is -2.37. The molecular formula is C19H30N6O2. The molecule has 0 aliphatic rings. The molecule has 0 amide bonds. The van der Waals surface area contributed by atoms with Crippen LogP contribution < -0.4 is 10.6 Å². The van der Waals surface area contributed by atoms with Crippen molar-refractivity contribution in [3.05, 3.63) is 41.8 Å². The Bertz CT molecular complexity index is 693. The minimum Gasteiger partial charge on any atom is -0.501 e. The van der Waals surface area contributed by atoms with Crippen molar-refractivity contribution in [1.29, 1.82) is 5.26 Å². The molecule has 148 valence electrons. The van der Waals surface area contributed by atoms with Crippen LogP contribution in [-0.2, 0) is 16.0 Å². The van der Waals surface area contributed by atoms with Crippen molar-refractivity contribution >= 4 is 5.96 Å². The van der Waals surface area contributed by atoms with Gasteiger partial charge in [-0.15, -0.1) is 4.99 Å². The summed E-state index contributed by atoms with van der Waals surface area (Å²) in [5.74, 6) is 1.20. The van der Waals surface area contributed by atoms with Crippen molar-refractivity contribution in [1.82, 2.24) is 20.2 Å². The number of hydrogen-bond acceptors (Lipinski definition) is 5. The summed E-state index contributed by atoms with van der Waals surface area (Å²) in [5.41, 5.74) is 1.87. The predicted octanol–water partition coefficient (Wildman–Crippen LogP) is 2.46. The van der Waals surface area contributed by atoms with Gasteiger partial charge in [0.05, 0.1) is 25.3 Å². The molecule has 1 aromatic heterocycles. The van der Waals surface area contributed by atoms with E-state index in [9.17, 15) is 0 Å². The Labute approximate surface area is 161 Å². The highest BCUT2D eigenvalue weighted by Crippen LogP contribution is 2.07. The van der Waals surface area contributed by atoms with Gasteiger partial charge in [-0.25, -0.2) is 4.98 Å². The van der Waals surface area contributed by atoms with E-state index >= 15 is 0 Å². The molecule has 1 atom stereocenters. The van der Waals surface area contributed by atoms with Crippen molar-refractivity contribution in [2.24, 2.45) is 4.99 Å². The van der Waals surface area contributed by atoms with Crippen LogP contribution in [0.4, 0.5) is 0 Å². The minimum absolute atomic E-state index is 0.105. The molecule has 1 unspecified atom stereocenters. The lowest BCUT2D eigenvalue weighted by Gasteiger charge is -2.15. The summed E-state index contributed by atoms with van der Waals surface area (Å²) in [7, 11) is 3.27. The van der Waals surface area contributed by atoms with Gasteiger partial charge in [0.1, 0.15) is 0 Å². The van der Waals surface area contributed by atoms with E-state index in [0.717, 1.165) is 36.5 Å². The molecule has 2 N–H and O–H groups in total. The zero-order valence-corrected chi connectivity index (χ0v) is 16.8. The van der Waals surface area contributed by atoms with Gasteiger partial charge in [-0.2, -0.15) is 5.26 Å². The quantitative estimate of drug-likeness (QED) is 0.163. The minimum atomic E-state index is -0.105. The lowest BCUT2D eigenvalue weighted by molar-refractivity contribution is 0.155.